The monoisotopic (exact) mass is 224 g/mol. The lowest BCUT2D eigenvalue weighted by Crippen LogP contribution is -2.38. The molecule has 0 N–H and O–H groups in total. The van der Waals surface area contributed by atoms with Gasteiger partial charge in [0.15, 0.2) is 0 Å². The molecule has 0 atom stereocenters. The topological polar surface area (TPSA) is 40.6 Å². The van der Waals surface area contributed by atoms with Gasteiger partial charge in [-0.05, 0) is 26.9 Å². The number of carbonyl (C=O) groups is 2. The highest BCUT2D eigenvalue weighted by Gasteiger charge is 2.52. The van der Waals surface area contributed by atoms with Crippen LogP contribution in [0.5, 0.6) is 0 Å². The van der Waals surface area contributed by atoms with Gasteiger partial charge in [-0.1, -0.05) is 12.8 Å². The maximum Gasteiger partial charge on any atom is 0.235 e. The molecule has 4 nitrogen and oxygen atoms in total. The first-order valence-corrected chi connectivity index (χ1v) is 6.05. The van der Waals surface area contributed by atoms with Gasteiger partial charge in [0.25, 0.3) is 0 Å². The molecule has 0 radical (unpaired) electrons. The first kappa shape index (κ1) is 11.6. The Morgan fingerprint density at radius 2 is 1.88 bits per heavy atom. The number of amides is 2. The summed E-state index contributed by atoms with van der Waals surface area (Å²) in [6, 6.07) is 0. The van der Waals surface area contributed by atoms with E-state index in [1.165, 1.54) is 4.90 Å². The van der Waals surface area contributed by atoms with Gasteiger partial charge in [0.1, 0.15) is 0 Å². The fourth-order valence-corrected chi connectivity index (χ4v) is 2.83. The molecule has 1 saturated heterocycles. The molecule has 1 heterocycles. The molecular formula is C12H20N2O2. The first-order valence-electron chi connectivity index (χ1n) is 6.05. The number of nitrogens with zero attached hydrogens (tertiary/aromatic N) is 2. The zero-order valence-corrected chi connectivity index (χ0v) is 10.2. The van der Waals surface area contributed by atoms with Crippen molar-refractivity contribution in [2.24, 2.45) is 5.41 Å². The van der Waals surface area contributed by atoms with Crippen LogP contribution in [0, 0.1) is 5.41 Å². The number of likely N-dealkylation sites (N-methyl/N-ethyl adjacent to an activating group) is 1. The second-order valence-corrected chi connectivity index (χ2v) is 5.32. The van der Waals surface area contributed by atoms with Crippen LogP contribution in [-0.2, 0) is 9.59 Å². The molecular weight excluding hydrogens is 204 g/mol. The van der Waals surface area contributed by atoms with Crippen LogP contribution in [0.2, 0.25) is 0 Å². The molecule has 0 unspecified atom stereocenters. The molecule has 2 aliphatic rings. The van der Waals surface area contributed by atoms with Crippen molar-refractivity contribution in [3.05, 3.63) is 0 Å². The Bertz CT molecular complexity index is 306. The summed E-state index contributed by atoms with van der Waals surface area (Å²) in [7, 11) is 3.91. The van der Waals surface area contributed by atoms with Gasteiger partial charge in [-0.15, -0.1) is 0 Å². The van der Waals surface area contributed by atoms with Gasteiger partial charge in [0.2, 0.25) is 11.8 Å². The maximum absolute atomic E-state index is 12.2. The first-order chi connectivity index (χ1) is 7.55. The van der Waals surface area contributed by atoms with E-state index >= 15 is 0 Å². The van der Waals surface area contributed by atoms with E-state index in [2.05, 4.69) is 0 Å². The van der Waals surface area contributed by atoms with E-state index < -0.39 is 0 Å². The van der Waals surface area contributed by atoms with Crippen LogP contribution in [0.3, 0.4) is 0 Å². The van der Waals surface area contributed by atoms with E-state index in [1.807, 2.05) is 19.0 Å². The quantitative estimate of drug-likeness (QED) is 0.668. The lowest BCUT2D eigenvalue weighted by atomic mass is 9.84. The maximum atomic E-state index is 12.2. The lowest BCUT2D eigenvalue weighted by molar-refractivity contribution is -0.141. The Balaban J connectivity index is 2.05. The lowest BCUT2D eigenvalue weighted by Gasteiger charge is -2.21. The number of carbonyl (C=O) groups excluding carboxylic acids is 2. The molecule has 90 valence electrons. The van der Waals surface area contributed by atoms with E-state index in [0.717, 1.165) is 32.2 Å². The summed E-state index contributed by atoms with van der Waals surface area (Å²) in [4.78, 5) is 27.6. The van der Waals surface area contributed by atoms with Gasteiger partial charge in [-0.3, -0.25) is 14.5 Å². The molecule has 1 spiro atoms. The van der Waals surface area contributed by atoms with Crippen LogP contribution >= 0.6 is 0 Å². The normalized spacial score (nSPS) is 24.1. The fourth-order valence-electron chi connectivity index (χ4n) is 2.83. The van der Waals surface area contributed by atoms with Crippen molar-refractivity contribution in [3.63, 3.8) is 0 Å². The summed E-state index contributed by atoms with van der Waals surface area (Å²) in [6.07, 6.45) is 4.48. The Kier molecular flexibility index (Phi) is 3.02. The highest BCUT2D eigenvalue weighted by atomic mass is 16.2. The third-order valence-electron chi connectivity index (χ3n) is 3.82. The van der Waals surface area contributed by atoms with Crippen LogP contribution in [0.15, 0.2) is 0 Å². The van der Waals surface area contributed by atoms with Crippen molar-refractivity contribution in [1.82, 2.24) is 9.80 Å². The second kappa shape index (κ2) is 4.17. The number of likely N-dealkylation sites (tertiary alicyclic amines) is 1. The average Bonchev–Trinajstić information content (AvgIpc) is 2.74. The summed E-state index contributed by atoms with van der Waals surface area (Å²) in [6.45, 7) is 1.31. The Morgan fingerprint density at radius 1 is 1.25 bits per heavy atom. The number of hydrogen-bond acceptors (Lipinski definition) is 3. The standard InChI is InChI=1S/C12H20N2O2/c1-13(2)7-8-14-10(15)9-12(11(14)16)5-3-4-6-12/h3-9H2,1-2H3. The molecule has 0 aromatic heterocycles. The van der Waals surface area contributed by atoms with Crippen molar-refractivity contribution >= 4 is 11.8 Å². The third-order valence-corrected chi connectivity index (χ3v) is 3.82. The zero-order chi connectivity index (χ0) is 11.8. The zero-order valence-electron chi connectivity index (χ0n) is 10.2. The minimum Gasteiger partial charge on any atom is -0.308 e. The second-order valence-electron chi connectivity index (χ2n) is 5.32. The minimum atomic E-state index is -0.302. The summed E-state index contributed by atoms with van der Waals surface area (Å²) < 4.78 is 0. The molecule has 0 bridgehead atoms. The number of hydrogen-bond donors (Lipinski definition) is 0. The van der Waals surface area contributed by atoms with E-state index in [0.29, 0.717) is 13.0 Å². The van der Waals surface area contributed by atoms with Gasteiger partial charge < -0.3 is 4.90 Å². The Labute approximate surface area is 96.6 Å². The van der Waals surface area contributed by atoms with Crippen molar-refractivity contribution < 1.29 is 9.59 Å². The molecule has 0 aromatic carbocycles. The largest absolute Gasteiger partial charge is 0.308 e. The predicted molar refractivity (Wildman–Crippen MR) is 60.8 cm³/mol. The molecule has 2 fully saturated rings. The van der Waals surface area contributed by atoms with Crippen LogP contribution < -0.4 is 0 Å². The third kappa shape index (κ3) is 1.86. The van der Waals surface area contributed by atoms with Crippen molar-refractivity contribution in [2.45, 2.75) is 32.1 Å². The molecule has 4 heteroatoms. The Morgan fingerprint density at radius 3 is 2.44 bits per heavy atom. The molecule has 1 saturated carbocycles. The SMILES string of the molecule is CN(C)CCN1C(=O)CC2(CCCC2)C1=O. The molecule has 2 amide bonds. The average molecular weight is 224 g/mol. The molecule has 2 rings (SSSR count). The van der Waals surface area contributed by atoms with Gasteiger partial charge in [-0.25, -0.2) is 0 Å². The van der Waals surface area contributed by atoms with Gasteiger partial charge in [0.05, 0.1) is 5.41 Å². The number of rotatable bonds is 3. The summed E-state index contributed by atoms with van der Waals surface area (Å²) in [5.41, 5.74) is -0.302. The van der Waals surface area contributed by atoms with Gasteiger partial charge in [0, 0.05) is 19.5 Å². The van der Waals surface area contributed by atoms with Crippen LogP contribution in [0.4, 0.5) is 0 Å². The molecule has 0 aromatic rings. The van der Waals surface area contributed by atoms with E-state index in [1.54, 1.807) is 0 Å². The summed E-state index contributed by atoms with van der Waals surface area (Å²) >= 11 is 0. The fraction of sp³-hybridized carbons (Fsp3) is 0.833. The highest BCUT2D eigenvalue weighted by molar-refractivity contribution is 6.06. The van der Waals surface area contributed by atoms with E-state index in [-0.39, 0.29) is 17.2 Å². The van der Waals surface area contributed by atoms with Crippen molar-refractivity contribution in [1.29, 1.82) is 0 Å². The smallest absolute Gasteiger partial charge is 0.235 e. The van der Waals surface area contributed by atoms with Crippen molar-refractivity contribution in [3.8, 4) is 0 Å². The minimum absolute atomic E-state index is 0.0359. The Hall–Kier alpha value is -0.900. The van der Waals surface area contributed by atoms with E-state index in [9.17, 15) is 9.59 Å². The van der Waals surface area contributed by atoms with E-state index in [4.69, 9.17) is 0 Å². The number of imide groups is 1. The molecule has 1 aliphatic heterocycles. The van der Waals surface area contributed by atoms with Crippen LogP contribution in [0.25, 0.3) is 0 Å². The van der Waals surface area contributed by atoms with Gasteiger partial charge >= 0.3 is 0 Å². The predicted octanol–water partition coefficient (Wildman–Crippen LogP) is 0.867. The van der Waals surface area contributed by atoms with Gasteiger partial charge in [-0.2, -0.15) is 0 Å². The molecule has 16 heavy (non-hydrogen) atoms. The highest BCUT2D eigenvalue weighted by Crippen LogP contribution is 2.46. The van der Waals surface area contributed by atoms with Crippen LogP contribution in [0.1, 0.15) is 32.1 Å². The molecule has 1 aliphatic carbocycles. The van der Waals surface area contributed by atoms with Crippen LogP contribution in [-0.4, -0.2) is 48.8 Å². The summed E-state index contributed by atoms with van der Waals surface area (Å²) in [5.74, 6) is 0.130. The van der Waals surface area contributed by atoms with Crippen molar-refractivity contribution in [2.75, 3.05) is 27.2 Å². The summed E-state index contributed by atoms with van der Waals surface area (Å²) in [5, 5.41) is 0.